The molecule has 0 spiro atoms. The van der Waals surface area contributed by atoms with Crippen LogP contribution in [0.2, 0.25) is 0 Å². The third-order valence-corrected chi connectivity index (χ3v) is 4.01. The van der Waals surface area contributed by atoms with Crippen LogP contribution < -0.4 is 5.48 Å². The van der Waals surface area contributed by atoms with Gasteiger partial charge in [0.25, 0.3) is 5.91 Å². The lowest BCUT2D eigenvalue weighted by atomic mass is 9.96. The Bertz CT molecular complexity index is 737. The van der Waals surface area contributed by atoms with Crippen LogP contribution in [0.25, 0.3) is 0 Å². The normalized spacial score (nSPS) is 12.8. The van der Waals surface area contributed by atoms with Crippen LogP contribution in [-0.4, -0.2) is 33.5 Å². The SMILES string of the molecule is Cl.O=C(NO)c1ccc2c(c1)CN(C(=O)Cc1cccnc1)CC2. The van der Waals surface area contributed by atoms with E-state index < -0.39 is 5.91 Å². The fourth-order valence-corrected chi connectivity index (χ4v) is 2.76. The Morgan fingerprint density at radius 2 is 2.08 bits per heavy atom. The first-order valence-electron chi connectivity index (χ1n) is 7.40. The van der Waals surface area contributed by atoms with Crippen LogP contribution in [-0.2, 0) is 24.2 Å². The summed E-state index contributed by atoms with van der Waals surface area (Å²) in [5.41, 5.74) is 4.97. The van der Waals surface area contributed by atoms with Crippen molar-refractivity contribution in [3.8, 4) is 0 Å². The van der Waals surface area contributed by atoms with Gasteiger partial charge in [-0.25, -0.2) is 5.48 Å². The highest BCUT2D eigenvalue weighted by atomic mass is 35.5. The maximum atomic E-state index is 12.4. The van der Waals surface area contributed by atoms with Gasteiger partial charge in [-0.15, -0.1) is 12.4 Å². The van der Waals surface area contributed by atoms with Crippen molar-refractivity contribution < 1.29 is 14.8 Å². The first-order valence-corrected chi connectivity index (χ1v) is 7.40. The molecule has 1 aromatic heterocycles. The van der Waals surface area contributed by atoms with E-state index >= 15 is 0 Å². The highest BCUT2D eigenvalue weighted by molar-refractivity contribution is 5.93. The van der Waals surface area contributed by atoms with Crippen LogP contribution in [0.15, 0.2) is 42.7 Å². The molecular weight excluding hydrogens is 330 g/mol. The number of benzene rings is 1. The van der Waals surface area contributed by atoms with Crippen molar-refractivity contribution in [1.82, 2.24) is 15.4 Å². The third kappa shape index (κ3) is 3.90. The average molecular weight is 348 g/mol. The van der Waals surface area contributed by atoms with E-state index in [0.717, 1.165) is 23.1 Å². The zero-order valence-corrected chi connectivity index (χ0v) is 13.8. The first-order chi connectivity index (χ1) is 11.2. The molecule has 2 amide bonds. The predicted octanol–water partition coefficient (Wildman–Crippen LogP) is 1.75. The lowest BCUT2D eigenvalue weighted by Gasteiger charge is -2.29. The van der Waals surface area contributed by atoms with Gasteiger partial charge in [0, 0.05) is 31.0 Å². The van der Waals surface area contributed by atoms with Gasteiger partial charge in [-0.3, -0.25) is 19.8 Å². The second kappa shape index (κ2) is 7.90. The van der Waals surface area contributed by atoms with E-state index in [1.807, 2.05) is 18.2 Å². The first kappa shape index (κ1) is 17.9. The summed E-state index contributed by atoms with van der Waals surface area (Å²) in [6.07, 6.45) is 4.45. The Balaban J connectivity index is 0.00000208. The Kier molecular flexibility index (Phi) is 5.89. The minimum Gasteiger partial charge on any atom is -0.338 e. The molecule has 0 radical (unpaired) electrons. The molecule has 0 aliphatic carbocycles. The van der Waals surface area contributed by atoms with Crippen LogP contribution >= 0.6 is 12.4 Å². The molecule has 0 saturated carbocycles. The summed E-state index contributed by atoms with van der Waals surface area (Å²) in [7, 11) is 0. The number of hydrogen-bond acceptors (Lipinski definition) is 4. The van der Waals surface area contributed by atoms with E-state index in [0.29, 0.717) is 25.1 Å². The molecule has 0 bridgehead atoms. The summed E-state index contributed by atoms with van der Waals surface area (Å²) in [6, 6.07) is 8.98. The Labute approximate surface area is 145 Å². The summed E-state index contributed by atoms with van der Waals surface area (Å²) in [5.74, 6) is -0.507. The molecule has 1 aliphatic heterocycles. The fraction of sp³-hybridized carbons (Fsp3) is 0.235. The van der Waals surface area contributed by atoms with E-state index in [1.165, 1.54) is 0 Å². The molecule has 6 nitrogen and oxygen atoms in total. The van der Waals surface area contributed by atoms with Gasteiger partial charge in [0.1, 0.15) is 0 Å². The van der Waals surface area contributed by atoms with E-state index in [4.69, 9.17) is 5.21 Å². The number of carbonyl (C=O) groups is 2. The average Bonchev–Trinajstić information content (AvgIpc) is 2.60. The fourth-order valence-electron chi connectivity index (χ4n) is 2.76. The van der Waals surface area contributed by atoms with Crippen LogP contribution in [0, 0.1) is 0 Å². The number of nitrogens with one attached hydrogen (secondary N) is 1. The molecule has 24 heavy (non-hydrogen) atoms. The maximum absolute atomic E-state index is 12.4. The Morgan fingerprint density at radius 3 is 2.79 bits per heavy atom. The molecule has 7 heteroatoms. The molecule has 0 fully saturated rings. The summed E-state index contributed by atoms with van der Waals surface area (Å²) < 4.78 is 0. The zero-order valence-electron chi connectivity index (χ0n) is 12.9. The molecular formula is C17H18ClN3O3. The Morgan fingerprint density at radius 1 is 1.25 bits per heavy atom. The zero-order chi connectivity index (χ0) is 16.2. The second-order valence-corrected chi connectivity index (χ2v) is 5.53. The molecule has 2 aromatic rings. The highest BCUT2D eigenvalue weighted by Gasteiger charge is 2.21. The monoisotopic (exact) mass is 347 g/mol. The number of rotatable bonds is 3. The molecule has 0 saturated heterocycles. The standard InChI is InChI=1S/C17H17N3O3.ClH/c21-16(8-12-2-1-6-18-10-12)20-7-5-13-3-4-14(17(22)19-23)9-15(13)11-20;/h1-4,6,9-10,23H,5,7-8,11H2,(H,19,22);1H. The second-order valence-electron chi connectivity index (χ2n) is 5.53. The van der Waals surface area contributed by atoms with Gasteiger partial charge in [0.2, 0.25) is 5.91 Å². The van der Waals surface area contributed by atoms with Crippen molar-refractivity contribution >= 4 is 24.2 Å². The van der Waals surface area contributed by atoms with Gasteiger partial charge in [-0.05, 0) is 41.3 Å². The minimum atomic E-state index is -0.549. The minimum absolute atomic E-state index is 0. The number of aromatic nitrogens is 1. The highest BCUT2D eigenvalue weighted by Crippen LogP contribution is 2.21. The quantitative estimate of drug-likeness (QED) is 0.654. The van der Waals surface area contributed by atoms with Crippen molar-refractivity contribution in [1.29, 1.82) is 0 Å². The molecule has 2 heterocycles. The van der Waals surface area contributed by atoms with Crippen molar-refractivity contribution in [2.75, 3.05) is 6.54 Å². The summed E-state index contributed by atoms with van der Waals surface area (Å²) >= 11 is 0. The summed E-state index contributed by atoms with van der Waals surface area (Å²) in [4.78, 5) is 29.7. The number of nitrogens with zero attached hydrogens (tertiary/aromatic N) is 2. The molecule has 2 N–H and O–H groups in total. The number of pyridine rings is 1. The third-order valence-electron chi connectivity index (χ3n) is 4.01. The lowest BCUT2D eigenvalue weighted by Crippen LogP contribution is -2.37. The molecule has 1 aromatic carbocycles. The molecule has 3 rings (SSSR count). The smallest absolute Gasteiger partial charge is 0.274 e. The number of fused-ring (bicyclic) bond motifs is 1. The van der Waals surface area contributed by atoms with Crippen LogP contribution in [0.3, 0.4) is 0 Å². The van der Waals surface area contributed by atoms with Crippen LogP contribution in [0.4, 0.5) is 0 Å². The van der Waals surface area contributed by atoms with Crippen molar-refractivity contribution in [3.05, 3.63) is 65.0 Å². The number of halogens is 1. The van der Waals surface area contributed by atoms with Crippen LogP contribution in [0.1, 0.15) is 27.0 Å². The van der Waals surface area contributed by atoms with Gasteiger partial charge < -0.3 is 4.90 Å². The van der Waals surface area contributed by atoms with E-state index in [1.54, 1.807) is 34.9 Å². The molecule has 0 unspecified atom stereocenters. The van der Waals surface area contributed by atoms with Crippen molar-refractivity contribution in [2.45, 2.75) is 19.4 Å². The van der Waals surface area contributed by atoms with Crippen molar-refractivity contribution in [2.24, 2.45) is 0 Å². The van der Waals surface area contributed by atoms with Gasteiger partial charge in [-0.1, -0.05) is 12.1 Å². The molecule has 126 valence electrons. The molecule has 0 atom stereocenters. The van der Waals surface area contributed by atoms with Gasteiger partial charge in [0.05, 0.1) is 6.42 Å². The van der Waals surface area contributed by atoms with Gasteiger partial charge >= 0.3 is 0 Å². The topological polar surface area (TPSA) is 82.5 Å². The van der Waals surface area contributed by atoms with E-state index in [9.17, 15) is 9.59 Å². The van der Waals surface area contributed by atoms with Gasteiger partial charge in [0.15, 0.2) is 0 Å². The summed E-state index contributed by atoms with van der Waals surface area (Å²) in [5, 5.41) is 8.73. The van der Waals surface area contributed by atoms with Crippen molar-refractivity contribution in [3.63, 3.8) is 0 Å². The number of amides is 2. The number of hydrogen-bond donors (Lipinski definition) is 2. The molecule has 1 aliphatic rings. The largest absolute Gasteiger partial charge is 0.338 e. The predicted molar refractivity (Wildman–Crippen MR) is 90.0 cm³/mol. The van der Waals surface area contributed by atoms with E-state index in [-0.39, 0.29) is 18.3 Å². The summed E-state index contributed by atoms with van der Waals surface area (Å²) in [6.45, 7) is 1.14. The van der Waals surface area contributed by atoms with Crippen LogP contribution in [0.5, 0.6) is 0 Å². The lowest BCUT2D eigenvalue weighted by molar-refractivity contribution is -0.131. The number of carbonyl (C=O) groups excluding carboxylic acids is 2. The Hall–Kier alpha value is -2.44. The van der Waals surface area contributed by atoms with E-state index in [2.05, 4.69) is 4.98 Å². The van der Waals surface area contributed by atoms with Gasteiger partial charge in [-0.2, -0.15) is 0 Å². The maximum Gasteiger partial charge on any atom is 0.274 e. The number of hydroxylamine groups is 1.